The number of benzene rings is 1. The van der Waals surface area contributed by atoms with Crippen LogP contribution in [0.4, 0.5) is 8.78 Å². The van der Waals surface area contributed by atoms with Gasteiger partial charge < -0.3 is 4.74 Å². The number of methoxy groups -OCH3 is 1. The van der Waals surface area contributed by atoms with E-state index in [0.717, 1.165) is 0 Å². The van der Waals surface area contributed by atoms with Gasteiger partial charge in [-0.3, -0.25) is 0 Å². The first-order valence-corrected chi connectivity index (χ1v) is 5.84. The lowest BCUT2D eigenvalue weighted by atomic mass is 10.1. The fourth-order valence-corrected chi connectivity index (χ4v) is 1.57. The average Bonchev–Trinajstić information content (AvgIpc) is 2.16. The highest BCUT2D eigenvalue weighted by atomic mass is 79.9. The Kier molecular flexibility index (Phi) is 4.01. The van der Waals surface area contributed by atoms with Crippen molar-refractivity contribution in [1.82, 2.24) is 0 Å². The lowest BCUT2D eigenvalue weighted by molar-refractivity contribution is 0.183. The fourth-order valence-electron chi connectivity index (χ4n) is 0.964. The maximum Gasteiger partial charge on any atom is 0.285 e. The molecule has 6 heteroatoms. The Morgan fingerprint density at radius 2 is 1.67 bits per heavy atom. The van der Waals surface area contributed by atoms with Crippen LogP contribution in [-0.2, 0) is 4.58 Å². The van der Waals surface area contributed by atoms with Crippen molar-refractivity contribution in [2.24, 2.45) is 0 Å². The smallest absolute Gasteiger partial charge is 0.285 e. The SMILES string of the molecule is COc1ccc([C@@](F)(Br)[C@@](F)(Cl)Br)cc1. The number of hydrogen-bond donors (Lipinski definition) is 0. The average molecular weight is 364 g/mol. The molecule has 2 atom stereocenters. The first-order chi connectivity index (χ1) is 6.79. The highest BCUT2D eigenvalue weighted by Crippen LogP contribution is 2.51. The molecule has 0 spiro atoms. The van der Waals surface area contributed by atoms with Crippen LogP contribution in [-0.4, -0.2) is 11.1 Å². The first kappa shape index (κ1) is 13.2. The summed E-state index contributed by atoms with van der Waals surface area (Å²) in [7, 11) is 1.48. The Morgan fingerprint density at radius 1 is 1.20 bits per heavy atom. The third-order valence-corrected chi connectivity index (χ3v) is 4.38. The molecule has 0 saturated carbocycles. The van der Waals surface area contributed by atoms with Crippen molar-refractivity contribution in [3.8, 4) is 5.75 Å². The van der Waals surface area contributed by atoms with E-state index >= 15 is 0 Å². The molecular formula is C9H7Br2ClF2O. The van der Waals surface area contributed by atoms with E-state index in [4.69, 9.17) is 16.3 Å². The fraction of sp³-hybridized carbons (Fsp3) is 0.333. The minimum Gasteiger partial charge on any atom is -0.497 e. The molecule has 0 fully saturated rings. The quantitative estimate of drug-likeness (QED) is 0.719. The van der Waals surface area contributed by atoms with Crippen LogP contribution < -0.4 is 4.74 Å². The van der Waals surface area contributed by atoms with Crippen molar-refractivity contribution in [2.45, 2.75) is 8.62 Å². The summed E-state index contributed by atoms with van der Waals surface area (Å²) in [5.74, 6) is 0.552. The van der Waals surface area contributed by atoms with Crippen molar-refractivity contribution >= 4 is 43.5 Å². The zero-order valence-electron chi connectivity index (χ0n) is 7.61. The van der Waals surface area contributed by atoms with Gasteiger partial charge in [0, 0.05) is 5.56 Å². The van der Waals surface area contributed by atoms with E-state index in [9.17, 15) is 8.78 Å². The Balaban J connectivity index is 3.06. The second-order valence-corrected chi connectivity index (χ2v) is 5.96. The van der Waals surface area contributed by atoms with E-state index in [2.05, 4.69) is 31.9 Å². The van der Waals surface area contributed by atoms with Crippen LogP contribution in [0.1, 0.15) is 5.56 Å². The normalized spacial score (nSPS) is 19.1. The number of ether oxygens (including phenoxy) is 1. The van der Waals surface area contributed by atoms with E-state index < -0.39 is 8.62 Å². The summed E-state index contributed by atoms with van der Waals surface area (Å²) in [4.78, 5) is 0. The van der Waals surface area contributed by atoms with Gasteiger partial charge in [0.15, 0.2) is 0 Å². The third kappa shape index (κ3) is 2.82. The van der Waals surface area contributed by atoms with Gasteiger partial charge in [-0.2, -0.15) is 0 Å². The van der Waals surface area contributed by atoms with Crippen molar-refractivity contribution in [2.75, 3.05) is 7.11 Å². The van der Waals surface area contributed by atoms with E-state index in [1.54, 1.807) is 0 Å². The summed E-state index contributed by atoms with van der Waals surface area (Å²) in [6.07, 6.45) is 0. The van der Waals surface area contributed by atoms with Crippen molar-refractivity contribution in [3.63, 3.8) is 0 Å². The minimum absolute atomic E-state index is 0.0534. The van der Waals surface area contributed by atoms with Gasteiger partial charge in [-0.25, -0.2) is 8.78 Å². The molecule has 0 aliphatic heterocycles. The highest BCUT2D eigenvalue weighted by Gasteiger charge is 2.50. The molecule has 0 unspecified atom stereocenters. The van der Waals surface area contributed by atoms with Gasteiger partial charge in [0.1, 0.15) is 5.75 Å². The molecule has 1 nitrogen and oxygen atoms in total. The van der Waals surface area contributed by atoms with Gasteiger partial charge in [-0.1, -0.05) is 23.7 Å². The monoisotopic (exact) mass is 362 g/mol. The lowest BCUT2D eigenvalue weighted by Gasteiger charge is -2.25. The Hall–Kier alpha value is 0.130. The number of rotatable bonds is 3. The molecule has 15 heavy (non-hydrogen) atoms. The Morgan fingerprint density at radius 3 is 2.00 bits per heavy atom. The predicted molar refractivity (Wildman–Crippen MR) is 63.3 cm³/mol. The molecule has 0 amide bonds. The maximum absolute atomic E-state index is 13.9. The largest absolute Gasteiger partial charge is 0.497 e. The molecule has 0 heterocycles. The molecule has 0 N–H and O–H groups in total. The minimum atomic E-state index is -2.71. The molecule has 0 aromatic heterocycles. The topological polar surface area (TPSA) is 9.23 Å². The van der Waals surface area contributed by atoms with Crippen molar-refractivity contribution < 1.29 is 13.5 Å². The number of hydrogen-bond acceptors (Lipinski definition) is 1. The number of alkyl halides is 5. The molecule has 0 radical (unpaired) electrons. The van der Waals surface area contributed by atoms with Crippen LogP contribution in [0.5, 0.6) is 5.75 Å². The van der Waals surface area contributed by atoms with Gasteiger partial charge in [-0.05, 0) is 44.0 Å². The maximum atomic E-state index is 13.9. The Bertz CT molecular complexity index is 335. The van der Waals surface area contributed by atoms with Gasteiger partial charge in [0.05, 0.1) is 7.11 Å². The summed E-state index contributed by atoms with van der Waals surface area (Å²) < 4.78 is 26.8. The molecule has 0 bridgehead atoms. The molecule has 0 aliphatic rings. The van der Waals surface area contributed by atoms with Gasteiger partial charge in [0.2, 0.25) is 4.58 Å². The van der Waals surface area contributed by atoms with E-state index in [1.807, 2.05) is 0 Å². The summed E-state index contributed by atoms with van der Waals surface area (Å²) >= 11 is 10.2. The van der Waals surface area contributed by atoms with Crippen LogP contribution in [0, 0.1) is 0 Å². The Labute approximate surface area is 108 Å². The second-order valence-electron chi connectivity index (χ2n) is 2.80. The predicted octanol–water partition coefficient (Wildman–Crippen LogP) is 4.47. The summed E-state index contributed by atoms with van der Waals surface area (Å²) in [5.41, 5.74) is 0.0534. The molecule has 0 saturated heterocycles. The molecular weight excluding hydrogens is 357 g/mol. The number of halogens is 5. The first-order valence-electron chi connectivity index (χ1n) is 3.88. The van der Waals surface area contributed by atoms with Crippen LogP contribution in [0.15, 0.2) is 24.3 Å². The van der Waals surface area contributed by atoms with E-state index in [0.29, 0.717) is 5.75 Å². The van der Waals surface area contributed by atoms with Gasteiger partial charge >= 0.3 is 0 Å². The summed E-state index contributed by atoms with van der Waals surface area (Å²) in [6, 6.07) is 5.79. The summed E-state index contributed by atoms with van der Waals surface area (Å²) in [6.45, 7) is 0. The second kappa shape index (κ2) is 4.55. The van der Waals surface area contributed by atoms with Crippen molar-refractivity contribution in [3.05, 3.63) is 29.8 Å². The molecule has 1 aromatic carbocycles. The molecule has 1 aromatic rings. The van der Waals surface area contributed by atoms with Crippen LogP contribution in [0.25, 0.3) is 0 Å². The van der Waals surface area contributed by atoms with Crippen molar-refractivity contribution in [1.29, 1.82) is 0 Å². The lowest BCUT2D eigenvalue weighted by Crippen LogP contribution is -2.29. The van der Waals surface area contributed by atoms with Crippen LogP contribution in [0.2, 0.25) is 0 Å². The highest BCUT2D eigenvalue weighted by molar-refractivity contribution is 9.13. The van der Waals surface area contributed by atoms with Gasteiger partial charge in [0.25, 0.3) is 4.04 Å². The molecule has 84 valence electrons. The van der Waals surface area contributed by atoms with E-state index in [-0.39, 0.29) is 5.56 Å². The van der Waals surface area contributed by atoms with Gasteiger partial charge in [-0.15, -0.1) is 0 Å². The third-order valence-electron chi connectivity index (χ3n) is 1.81. The zero-order valence-corrected chi connectivity index (χ0v) is 11.5. The molecule has 1 rings (SSSR count). The summed E-state index contributed by atoms with van der Waals surface area (Å²) in [5, 5.41) is 0. The molecule has 0 aliphatic carbocycles. The standard InChI is InChI=1S/C9H7Br2ClF2O/c1-15-7-4-2-6(3-5-7)8(10,13)9(11,12)14/h2-5H,1H3/t8-,9-/m0/s1. The zero-order chi connectivity index (χ0) is 11.7. The van der Waals surface area contributed by atoms with E-state index in [1.165, 1.54) is 31.4 Å². The van der Waals surface area contributed by atoms with Crippen LogP contribution >= 0.6 is 43.5 Å². The van der Waals surface area contributed by atoms with Crippen LogP contribution in [0.3, 0.4) is 0 Å².